The summed E-state index contributed by atoms with van der Waals surface area (Å²) in [4.78, 5) is 26.2. The van der Waals surface area contributed by atoms with Crippen LogP contribution in [0.4, 0.5) is 11.4 Å². The molecule has 0 atom stereocenters. The molecule has 1 heterocycles. The minimum absolute atomic E-state index is 0.0437. The predicted octanol–water partition coefficient (Wildman–Crippen LogP) is -1.99. The van der Waals surface area contributed by atoms with Gasteiger partial charge in [-0.2, -0.15) is 0 Å². The molecule has 4 N–H and O–H groups in total. The fourth-order valence-electron chi connectivity index (χ4n) is 2.72. The van der Waals surface area contributed by atoms with Gasteiger partial charge in [0.15, 0.2) is 6.54 Å². The number of methoxy groups -OCH3 is 1. The molecule has 7 nitrogen and oxygen atoms in total. The van der Waals surface area contributed by atoms with Crippen LogP contribution in [0.15, 0.2) is 18.2 Å². The molecule has 2 rings (SSSR count). The summed E-state index contributed by atoms with van der Waals surface area (Å²) in [6.07, 6.45) is 0. The average Bonchev–Trinajstić information content (AvgIpc) is 2.49. The number of benzene rings is 1. The van der Waals surface area contributed by atoms with E-state index in [0.29, 0.717) is 23.7 Å². The van der Waals surface area contributed by atoms with E-state index in [1.807, 2.05) is 0 Å². The summed E-state index contributed by atoms with van der Waals surface area (Å²) >= 11 is 0. The number of piperazine rings is 1. The van der Waals surface area contributed by atoms with Crippen LogP contribution in [-0.4, -0.2) is 58.7 Å². The Bertz CT molecular complexity index is 568. The first-order valence-corrected chi connectivity index (χ1v) is 7.88. The lowest BCUT2D eigenvalue weighted by atomic mass is 10.2. The van der Waals surface area contributed by atoms with E-state index >= 15 is 0 Å². The Morgan fingerprint density at radius 3 is 2.48 bits per heavy atom. The molecule has 0 spiro atoms. The van der Waals surface area contributed by atoms with Gasteiger partial charge in [-0.15, -0.1) is 0 Å². The van der Waals surface area contributed by atoms with Crippen LogP contribution in [0.5, 0.6) is 5.75 Å². The molecule has 1 aromatic carbocycles. The molecule has 1 aromatic rings. The number of carbonyl (C=O) groups is 2. The number of ether oxygens (including phenoxy) is 1. The van der Waals surface area contributed by atoms with Crippen LogP contribution in [0.25, 0.3) is 0 Å². The maximum absolute atomic E-state index is 12.3. The standard InChI is InChI=1S/C16H24N4O3/c1-12(21)17-13-4-5-15(23-3)14(10-13)18-16(22)11-20-8-6-19(2)7-9-20/h4-5,10H,6-9,11H2,1-3H3,(H,17,21)(H,18,22)/p+2. The molecule has 0 unspecified atom stereocenters. The van der Waals surface area contributed by atoms with Crippen molar-refractivity contribution in [1.82, 2.24) is 0 Å². The first-order valence-electron chi connectivity index (χ1n) is 7.88. The number of hydrogen-bond donors (Lipinski definition) is 4. The van der Waals surface area contributed by atoms with Crippen LogP contribution in [0, 0.1) is 0 Å². The summed E-state index contributed by atoms with van der Waals surface area (Å²) in [6.45, 7) is 6.07. The van der Waals surface area contributed by atoms with E-state index < -0.39 is 0 Å². The Morgan fingerprint density at radius 1 is 1.17 bits per heavy atom. The van der Waals surface area contributed by atoms with Gasteiger partial charge in [-0.25, -0.2) is 0 Å². The van der Waals surface area contributed by atoms with Gasteiger partial charge < -0.3 is 25.2 Å². The van der Waals surface area contributed by atoms with E-state index in [0.717, 1.165) is 26.2 Å². The van der Waals surface area contributed by atoms with Crippen molar-refractivity contribution in [3.63, 3.8) is 0 Å². The van der Waals surface area contributed by atoms with Crippen LogP contribution in [0.2, 0.25) is 0 Å². The molecule has 1 aliphatic heterocycles. The Hall–Kier alpha value is -2.12. The van der Waals surface area contributed by atoms with Crippen LogP contribution in [-0.2, 0) is 9.59 Å². The fraction of sp³-hybridized carbons (Fsp3) is 0.500. The molecule has 0 radical (unpaired) electrons. The lowest BCUT2D eigenvalue weighted by Gasteiger charge is -2.26. The van der Waals surface area contributed by atoms with Crippen LogP contribution in [0.1, 0.15) is 6.92 Å². The molecule has 0 saturated carbocycles. The zero-order valence-corrected chi connectivity index (χ0v) is 14.0. The predicted molar refractivity (Wildman–Crippen MR) is 88.1 cm³/mol. The van der Waals surface area contributed by atoms with Gasteiger partial charge in [-0.1, -0.05) is 0 Å². The Kier molecular flexibility index (Phi) is 5.95. The fourth-order valence-corrected chi connectivity index (χ4v) is 2.72. The van der Waals surface area contributed by atoms with Gasteiger partial charge in [0.2, 0.25) is 5.91 Å². The zero-order valence-electron chi connectivity index (χ0n) is 14.0. The number of quaternary nitrogens is 2. The third-order valence-electron chi connectivity index (χ3n) is 4.02. The molecule has 2 amide bonds. The van der Waals surface area contributed by atoms with E-state index in [1.54, 1.807) is 25.3 Å². The quantitative estimate of drug-likeness (QED) is 0.507. The molecule has 0 bridgehead atoms. The number of anilines is 2. The molecule has 1 fully saturated rings. The summed E-state index contributed by atoms with van der Waals surface area (Å²) in [6, 6.07) is 5.18. The van der Waals surface area contributed by atoms with Crippen molar-refractivity contribution in [2.75, 3.05) is 57.5 Å². The largest absolute Gasteiger partial charge is 0.495 e. The van der Waals surface area contributed by atoms with Gasteiger partial charge in [0.25, 0.3) is 5.91 Å². The highest BCUT2D eigenvalue weighted by Crippen LogP contribution is 2.27. The summed E-state index contributed by atoms with van der Waals surface area (Å²) in [5.41, 5.74) is 1.20. The maximum Gasteiger partial charge on any atom is 0.279 e. The van der Waals surface area contributed by atoms with Gasteiger partial charge in [-0.3, -0.25) is 9.59 Å². The summed E-state index contributed by atoms with van der Waals surface area (Å²) < 4.78 is 5.27. The SMILES string of the molecule is COc1ccc(NC(C)=O)cc1NC(=O)C[NH+]1CC[NH+](C)CC1. The van der Waals surface area contributed by atoms with E-state index in [1.165, 1.54) is 16.7 Å². The van der Waals surface area contributed by atoms with Crippen molar-refractivity contribution in [3.05, 3.63) is 18.2 Å². The molecule has 126 valence electrons. The molecular formula is C16H26N4O3+2. The summed E-state index contributed by atoms with van der Waals surface area (Å²) in [5.74, 6) is 0.375. The van der Waals surface area contributed by atoms with Crippen molar-refractivity contribution in [2.24, 2.45) is 0 Å². The van der Waals surface area contributed by atoms with Gasteiger partial charge in [0.1, 0.15) is 31.9 Å². The van der Waals surface area contributed by atoms with Crippen LogP contribution < -0.4 is 25.2 Å². The zero-order chi connectivity index (χ0) is 16.8. The van der Waals surface area contributed by atoms with Crippen molar-refractivity contribution < 1.29 is 24.1 Å². The molecule has 0 aliphatic carbocycles. The van der Waals surface area contributed by atoms with E-state index in [-0.39, 0.29) is 11.8 Å². The normalized spacial score (nSPS) is 20.7. The second kappa shape index (κ2) is 7.94. The lowest BCUT2D eigenvalue weighted by Crippen LogP contribution is -3.27. The number of nitrogens with one attached hydrogen (secondary N) is 4. The summed E-state index contributed by atoms with van der Waals surface area (Å²) in [5, 5.41) is 5.59. The van der Waals surface area contributed by atoms with Gasteiger partial charge >= 0.3 is 0 Å². The number of rotatable bonds is 5. The number of likely N-dealkylation sites (N-methyl/N-ethyl adjacent to an activating group) is 1. The number of carbonyl (C=O) groups excluding carboxylic acids is 2. The Labute approximate surface area is 136 Å². The smallest absolute Gasteiger partial charge is 0.279 e. The van der Waals surface area contributed by atoms with Crippen molar-refractivity contribution >= 4 is 23.2 Å². The summed E-state index contributed by atoms with van der Waals surface area (Å²) in [7, 11) is 3.73. The second-order valence-electron chi connectivity index (χ2n) is 6.03. The third kappa shape index (κ3) is 5.22. The molecule has 0 aromatic heterocycles. The number of hydrogen-bond acceptors (Lipinski definition) is 3. The maximum atomic E-state index is 12.3. The van der Waals surface area contributed by atoms with Gasteiger partial charge in [-0.05, 0) is 18.2 Å². The topological polar surface area (TPSA) is 76.3 Å². The highest BCUT2D eigenvalue weighted by atomic mass is 16.5. The third-order valence-corrected chi connectivity index (χ3v) is 4.02. The van der Waals surface area contributed by atoms with E-state index in [4.69, 9.17) is 4.74 Å². The molecule has 1 aliphatic rings. The monoisotopic (exact) mass is 322 g/mol. The number of amides is 2. The van der Waals surface area contributed by atoms with Crippen molar-refractivity contribution in [1.29, 1.82) is 0 Å². The van der Waals surface area contributed by atoms with E-state index in [9.17, 15) is 9.59 Å². The van der Waals surface area contributed by atoms with Gasteiger partial charge in [0, 0.05) is 12.6 Å². The second-order valence-corrected chi connectivity index (χ2v) is 6.03. The molecule has 7 heteroatoms. The van der Waals surface area contributed by atoms with Crippen LogP contribution in [0.3, 0.4) is 0 Å². The molecule has 23 heavy (non-hydrogen) atoms. The first-order chi connectivity index (χ1) is 11.0. The van der Waals surface area contributed by atoms with Crippen molar-refractivity contribution in [3.8, 4) is 5.75 Å². The first kappa shape index (κ1) is 17.2. The highest BCUT2D eigenvalue weighted by molar-refractivity contribution is 5.95. The highest BCUT2D eigenvalue weighted by Gasteiger charge is 2.22. The van der Waals surface area contributed by atoms with Gasteiger partial charge in [0.05, 0.1) is 19.8 Å². The van der Waals surface area contributed by atoms with Crippen LogP contribution >= 0.6 is 0 Å². The Balaban J connectivity index is 1.99. The molecule has 1 saturated heterocycles. The lowest BCUT2D eigenvalue weighted by molar-refractivity contribution is -0.999. The van der Waals surface area contributed by atoms with Crippen molar-refractivity contribution in [2.45, 2.75) is 6.92 Å². The minimum Gasteiger partial charge on any atom is -0.495 e. The minimum atomic E-state index is -0.156. The molecular weight excluding hydrogens is 296 g/mol. The average molecular weight is 322 g/mol. The Morgan fingerprint density at radius 2 is 1.87 bits per heavy atom. The van der Waals surface area contributed by atoms with E-state index in [2.05, 4.69) is 17.7 Å².